The Balaban J connectivity index is 1.53. The van der Waals surface area contributed by atoms with E-state index in [4.69, 9.17) is 4.52 Å². The van der Waals surface area contributed by atoms with Crippen LogP contribution in [0.4, 0.5) is 4.39 Å². The van der Waals surface area contributed by atoms with E-state index in [-0.39, 0.29) is 5.82 Å². The summed E-state index contributed by atoms with van der Waals surface area (Å²) in [5.41, 5.74) is 1.22. The fraction of sp³-hybridized carbons (Fsp3) is 0.500. The molecule has 3 rings (SSSR count). The van der Waals surface area contributed by atoms with E-state index in [1.54, 1.807) is 19.1 Å². The van der Waals surface area contributed by atoms with E-state index in [0.717, 1.165) is 37.6 Å². The first-order chi connectivity index (χ1) is 11.1. The zero-order chi connectivity index (χ0) is 16.2. The quantitative estimate of drug-likeness (QED) is 0.837. The van der Waals surface area contributed by atoms with Crippen LogP contribution in [0.15, 0.2) is 22.7 Å². The topological polar surface area (TPSA) is 59.2 Å². The van der Waals surface area contributed by atoms with Crippen molar-refractivity contribution < 1.29 is 13.1 Å². The second kappa shape index (κ2) is 7.31. The van der Waals surface area contributed by atoms with Crippen LogP contribution in [0.25, 0.3) is 11.4 Å². The summed E-state index contributed by atoms with van der Waals surface area (Å²) in [6, 6.07) is 4.93. The van der Waals surface area contributed by atoms with Crippen LogP contribution in [-0.2, 0) is 17.2 Å². The number of nitrogens with zero attached hydrogens (tertiary/aromatic N) is 3. The van der Waals surface area contributed by atoms with Gasteiger partial charge >= 0.3 is 0 Å². The normalized spacial score (nSPS) is 16.8. The maximum atomic E-state index is 13.6. The average molecular weight is 337 g/mol. The summed E-state index contributed by atoms with van der Waals surface area (Å²) >= 11 is 0. The zero-order valence-corrected chi connectivity index (χ0v) is 13.9. The molecule has 2 heterocycles. The Labute approximate surface area is 137 Å². The van der Waals surface area contributed by atoms with Crippen LogP contribution < -0.4 is 0 Å². The van der Waals surface area contributed by atoms with Crippen molar-refractivity contribution in [3.8, 4) is 11.4 Å². The van der Waals surface area contributed by atoms with Crippen LogP contribution in [-0.4, -0.2) is 50.4 Å². The third-order valence-corrected chi connectivity index (χ3v) is 5.31. The summed E-state index contributed by atoms with van der Waals surface area (Å²) in [7, 11) is -0.637. The van der Waals surface area contributed by atoms with Crippen LogP contribution in [0.1, 0.15) is 17.9 Å². The first-order valence-corrected chi connectivity index (χ1v) is 9.27. The minimum absolute atomic E-state index is 0.267. The fourth-order valence-corrected chi connectivity index (χ4v) is 3.69. The summed E-state index contributed by atoms with van der Waals surface area (Å²) < 4.78 is 30.2. The largest absolute Gasteiger partial charge is 0.339 e. The maximum Gasteiger partial charge on any atom is 0.227 e. The highest BCUT2D eigenvalue weighted by molar-refractivity contribution is 7.85. The smallest absolute Gasteiger partial charge is 0.227 e. The van der Waals surface area contributed by atoms with Gasteiger partial charge in [0.1, 0.15) is 5.82 Å². The van der Waals surface area contributed by atoms with E-state index in [0.29, 0.717) is 29.3 Å². The van der Waals surface area contributed by atoms with Gasteiger partial charge in [-0.25, -0.2) is 4.39 Å². The summed E-state index contributed by atoms with van der Waals surface area (Å²) in [4.78, 5) is 6.65. The van der Waals surface area contributed by atoms with Crippen molar-refractivity contribution in [3.63, 3.8) is 0 Å². The van der Waals surface area contributed by atoms with Gasteiger partial charge in [-0.15, -0.1) is 0 Å². The lowest BCUT2D eigenvalue weighted by Crippen LogP contribution is -2.38. The highest BCUT2D eigenvalue weighted by atomic mass is 32.2. The van der Waals surface area contributed by atoms with Crippen molar-refractivity contribution in [3.05, 3.63) is 35.5 Å². The standard InChI is InChI=1S/C16H20FN3O2S/c1-12-4-5-13(11-14(12)17)16-18-15(22-19-16)3-2-6-20-7-9-23(21)10-8-20/h4-5,11H,2-3,6-10H2,1H3. The molecule has 0 radical (unpaired) electrons. The number of aryl methyl sites for hydroxylation is 2. The molecule has 1 aromatic heterocycles. The molecule has 0 unspecified atom stereocenters. The molecule has 23 heavy (non-hydrogen) atoms. The lowest BCUT2D eigenvalue weighted by molar-refractivity contribution is 0.288. The number of benzene rings is 1. The van der Waals surface area contributed by atoms with Crippen LogP contribution in [0.3, 0.4) is 0 Å². The molecule has 0 bridgehead atoms. The summed E-state index contributed by atoms with van der Waals surface area (Å²) in [6.07, 6.45) is 1.61. The van der Waals surface area contributed by atoms with E-state index in [1.807, 2.05) is 0 Å². The van der Waals surface area contributed by atoms with E-state index in [1.165, 1.54) is 6.07 Å². The van der Waals surface area contributed by atoms with Crippen molar-refractivity contribution >= 4 is 10.8 Å². The Morgan fingerprint density at radius 1 is 1.35 bits per heavy atom. The third-order valence-electron chi connectivity index (χ3n) is 4.03. The predicted molar refractivity (Wildman–Crippen MR) is 87.1 cm³/mol. The predicted octanol–water partition coefficient (Wildman–Crippen LogP) is 2.18. The van der Waals surface area contributed by atoms with Crippen LogP contribution in [0.2, 0.25) is 0 Å². The monoisotopic (exact) mass is 337 g/mol. The summed E-state index contributed by atoms with van der Waals surface area (Å²) in [5, 5.41) is 3.93. The first-order valence-electron chi connectivity index (χ1n) is 7.78. The number of aromatic nitrogens is 2. The van der Waals surface area contributed by atoms with Gasteiger partial charge in [0.15, 0.2) is 0 Å². The molecule has 0 amide bonds. The number of hydrogen-bond acceptors (Lipinski definition) is 5. The highest BCUT2D eigenvalue weighted by Crippen LogP contribution is 2.19. The minimum Gasteiger partial charge on any atom is -0.339 e. The summed E-state index contributed by atoms with van der Waals surface area (Å²) in [6.45, 7) is 4.44. The molecule has 5 nitrogen and oxygen atoms in total. The molecule has 1 aromatic carbocycles. The van der Waals surface area contributed by atoms with Gasteiger partial charge in [0.2, 0.25) is 11.7 Å². The molecule has 0 atom stereocenters. The molecule has 1 aliphatic rings. The van der Waals surface area contributed by atoms with Gasteiger partial charge in [0.05, 0.1) is 0 Å². The molecule has 1 fully saturated rings. The van der Waals surface area contributed by atoms with Crippen molar-refractivity contribution in [1.29, 1.82) is 0 Å². The van der Waals surface area contributed by atoms with Gasteiger partial charge in [0.25, 0.3) is 0 Å². The number of hydrogen-bond donors (Lipinski definition) is 0. The van der Waals surface area contributed by atoms with Crippen molar-refractivity contribution in [2.24, 2.45) is 0 Å². The molecule has 2 aromatic rings. The summed E-state index contributed by atoms with van der Waals surface area (Å²) in [5.74, 6) is 2.26. The molecular weight excluding hydrogens is 317 g/mol. The van der Waals surface area contributed by atoms with Gasteiger partial charge in [-0.05, 0) is 31.5 Å². The fourth-order valence-electron chi connectivity index (χ4n) is 2.56. The molecule has 1 saturated heterocycles. The van der Waals surface area contributed by atoms with Crippen LogP contribution in [0.5, 0.6) is 0 Å². The Morgan fingerprint density at radius 2 is 2.13 bits per heavy atom. The minimum atomic E-state index is -0.637. The van der Waals surface area contributed by atoms with Crippen molar-refractivity contribution in [2.45, 2.75) is 19.8 Å². The molecule has 7 heteroatoms. The van der Waals surface area contributed by atoms with E-state index in [2.05, 4.69) is 15.0 Å². The number of rotatable bonds is 5. The van der Waals surface area contributed by atoms with E-state index in [9.17, 15) is 8.60 Å². The SMILES string of the molecule is Cc1ccc(-c2noc(CCCN3CCS(=O)CC3)n2)cc1F. The first kappa shape index (κ1) is 16.3. The molecule has 124 valence electrons. The zero-order valence-electron chi connectivity index (χ0n) is 13.1. The maximum absolute atomic E-state index is 13.6. The molecule has 0 saturated carbocycles. The lowest BCUT2D eigenvalue weighted by atomic mass is 10.1. The van der Waals surface area contributed by atoms with Gasteiger partial charge in [-0.2, -0.15) is 4.98 Å². The molecular formula is C16H20FN3O2S. The number of halogens is 1. The second-order valence-corrected chi connectivity index (χ2v) is 7.47. The van der Waals surface area contributed by atoms with Crippen LogP contribution >= 0.6 is 0 Å². The third kappa shape index (κ3) is 4.23. The van der Waals surface area contributed by atoms with Crippen molar-refractivity contribution in [1.82, 2.24) is 15.0 Å². The lowest BCUT2D eigenvalue weighted by Gasteiger charge is -2.25. The van der Waals surface area contributed by atoms with Gasteiger partial charge in [-0.3, -0.25) is 4.21 Å². The van der Waals surface area contributed by atoms with Crippen molar-refractivity contribution in [2.75, 3.05) is 31.1 Å². The molecule has 0 spiro atoms. The molecule has 1 aliphatic heterocycles. The van der Waals surface area contributed by atoms with E-state index < -0.39 is 10.8 Å². The van der Waals surface area contributed by atoms with Crippen LogP contribution in [0, 0.1) is 12.7 Å². The molecule has 0 N–H and O–H groups in total. The van der Waals surface area contributed by atoms with Gasteiger partial charge in [-0.1, -0.05) is 17.3 Å². The van der Waals surface area contributed by atoms with Gasteiger partial charge < -0.3 is 9.42 Å². The Hall–Kier alpha value is -1.60. The average Bonchev–Trinajstić information content (AvgIpc) is 3.01. The Morgan fingerprint density at radius 3 is 2.87 bits per heavy atom. The highest BCUT2D eigenvalue weighted by Gasteiger charge is 2.15. The Bertz CT molecular complexity index is 694. The van der Waals surface area contributed by atoms with E-state index >= 15 is 0 Å². The Kier molecular flexibility index (Phi) is 5.17. The molecule has 0 aliphatic carbocycles. The second-order valence-electron chi connectivity index (χ2n) is 5.77. The van der Waals surface area contributed by atoms with Gasteiger partial charge in [0, 0.05) is 47.4 Å².